The molecule has 0 aliphatic carbocycles. The summed E-state index contributed by atoms with van der Waals surface area (Å²) >= 11 is 0. The second kappa shape index (κ2) is 9.67. The molecule has 27 heavy (non-hydrogen) atoms. The number of ether oxygens (including phenoxy) is 1. The van der Waals surface area contributed by atoms with Crippen LogP contribution in [0.1, 0.15) is 24.3 Å². The molecule has 2 N–H and O–H groups in total. The highest BCUT2D eigenvalue weighted by Crippen LogP contribution is 2.27. The fourth-order valence-electron chi connectivity index (χ4n) is 3.24. The fourth-order valence-corrected chi connectivity index (χ4v) is 3.24. The van der Waals surface area contributed by atoms with E-state index in [4.69, 9.17) is 10.5 Å². The molecule has 2 aromatic carbocycles. The molecular formula is C20H23ClF2N2O2. The van der Waals surface area contributed by atoms with Gasteiger partial charge in [-0.25, -0.2) is 8.78 Å². The van der Waals surface area contributed by atoms with Crippen LogP contribution in [0, 0.1) is 11.6 Å². The maximum atomic E-state index is 13.5. The standard InChI is InChI=1S/C20H22F2N2O2.ClH/c21-15-8-9-19(17(22)11-15)26-10-4-7-20(25)24-12-16(18(23)13-24)14-5-2-1-3-6-14;/h1-3,5-6,8-9,11,16,18H,4,7,10,12-13,23H2;1H/t16-,18+;/m0./s1. The van der Waals surface area contributed by atoms with Crippen LogP contribution in [-0.2, 0) is 4.79 Å². The topological polar surface area (TPSA) is 55.6 Å². The van der Waals surface area contributed by atoms with Gasteiger partial charge in [-0.2, -0.15) is 0 Å². The second-order valence-corrected chi connectivity index (χ2v) is 6.51. The molecule has 3 rings (SSSR count). The number of carbonyl (C=O) groups excluding carboxylic acids is 1. The van der Waals surface area contributed by atoms with Gasteiger partial charge in [0.1, 0.15) is 5.82 Å². The zero-order chi connectivity index (χ0) is 18.5. The molecule has 0 spiro atoms. The van der Waals surface area contributed by atoms with E-state index in [0.29, 0.717) is 25.9 Å². The van der Waals surface area contributed by atoms with E-state index in [1.54, 1.807) is 4.90 Å². The fraction of sp³-hybridized carbons (Fsp3) is 0.350. The lowest BCUT2D eigenvalue weighted by Crippen LogP contribution is -2.32. The van der Waals surface area contributed by atoms with E-state index in [9.17, 15) is 13.6 Å². The number of amides is 1. The average molecular weight is 397 g/mol. The summed E-state index contributed by atoms with van der Waals surface area (Å²) in [7, 11) is 0. The highest BCUT2D eigenvalue weighted by atomic mass is 35.5. The van der Waals surface area contributed by atoms with Gasteiger partial charge >= 0.3 is 0 Å². The summed E-state index contributed by atoms with van der Waals surface area (Å²) in [6.07, 6.45) is 0.758. The van der Waals surface area contributed by atoms with Gasteiger partial charge in [-0.3, -0.25) is 4.79 Å². The van der Waals surface area contributed by atoms with Crippen LogP contribution in [0.2, 0.25) is 0 Å². The Morgan fingerprint density at radius 3 is 2.59 bits per heavy atom. The molecule has 1 aliphatic heterocycles. The van der Waals surface area contributed by atoms with Crippen LogP contribution in [0.15, 0.2) is 48.5 Å². The minimum atomic E-state index is -0.743. The van der Waals surface area contributed by atoms with Crippen LogP contribution in [0.25, 0.3) is 0 Å². The first-order valence-electron chi connectivity index (χ1n) is 8.71. The van der Waals surface area contributed by atoms with Gasteiger partial charge in [0.25, 0.3) is 0 Å². The molecule has 1 heterocycles. The largest absolute Gasteiger partial charge is 0.491 e. The van der Waals surface area contributed by atoms with Crippen molar-refractivity contribution < 1.29 is 18.3 Å². The number of nitrogens with two attached hydrogens (primary N) is 1. The first-order chi connectivity index (χ1) is 12.5. The summed E-state index contributed by atoms with van der Waals surface area (Å²) in [5, 5.41) is 0. The van der Waals surface area contributed by atoms with Gasteiger partial charge in [0.15, 0.2) is 11.6 Å². The molecule has 0 unspecified atom stereocenters. The molecule has 0 aromatic heterocycles. The van der Waals surface area contributed by atoms with E-state index < -0.39 is 11.6 Å². The van der Waals surface area contributed by atoms with E-state index >= 15 is 0 Å². The summed E-state index contributed by atoms with van der Waals surface area (Å²) in [6.45, 7) is 1.33. The predicted octanol–water partition coefficient (Wildman–Crippen LogP) is 3.50. The number of hydrogen-bond acceptors (Lipinski definition) is 3. The quantitative estimate of drug-likeness (QED) is 0.760. The third-order valence-corrected chi connectivity index (χ3v) is 4.63. The third kappa shape index (κ3) is 5.40. The van der Waals surface area contributed by atoms with Crippen molar-refractivity contribution in [3.63, 3.8) is 0 Å². The molecule has 1 fully saturated rings. The minimum Gasteiger partial charge on any atom is -0.491 e. The molecular weight excluding hydrogens is 374 g/mol. The van der Waals surface area contributed by atoms with E-state index in [1.807, 2.05) is 30.3 Å². The lowest BCUT2D eigenvalue weighted by molar-refractivity contribution is -0.130. The van der Waals surface area contributed by atoms with Gasteiger partial charge in [0.05, 0.1) is 6.61 Å². The highest BCUT2D eigenvalue weighted by Gasteiger charge is 2.33. The van der Waals surface area contributed by atoms with Crippen molar-refractivity contribution in [1.29, 1.82) is 0 Å². The molecule has 146 valence electrons. The molecule has 4 nitrogen and oxygen atoms in total. The number of rotatable bonds is 6. The Morgan fingerprint density at radius 2 is 1.89 bits per heavy atom. The molecule has 1 aliphatic rings. The van der Waals surface area contributed by atoms with Gasteiger partial charge in [0.2, 0.25) is 5.91 Å². The Kier molecular flexibility index (Phi) is 7.56. The number of nitrogens with zero attached hydrogens (tertiary/aromatic N) is 1. The zero-order valence-corrected chi connectivity index (χ0v) is 15.6. The summed E-state index contributed by atoms with van der Waals surface area (Å²) < 4.78 is 31.6. The van der Waals surface area contributed by atoms with E-state index in [0.717, 1.165) is 17.7 Å². The molecule has 0 bridgehead atoms. The van der Waals surface area contributed by atoms with Crippen LogP contribution in [0.4, 0.5) is 8.78 Å². The third-order valence-electron chi connectivity index (χ3n) is 4.63. The number of hydrogen-bond donors (Lipinski definition) is 1. The van der Waals surface area contributed by atoms with Crippen molar-refractivity contribution in [3.05, 3.63) is 65.7 Å². The Morgan fingerprint density at radius 1 is 1.15 bits per heavy atom. The summed E-state index contributed by atoms with van der Waals surface area (Å²) in [6, 6.07) is 13.0. The SMILES string of the molecule is Cl.N[C@@H]1CN(C(=O)CCCOc2ccc(F)cc2F)C[C@H]1c1ccccc1. The van der Waals surface area contributed by atoms with E-state index in [2.05, 4.69) is 0 Å². The van der Waals surface area contributed by atoms with Crippen LogP contribution < -0.4 is 10.5 Å². The number of benzene rings is 2. The van der Waals surface area contributed by atoms with Gasteiger partial charge in [0, 0.05) is 37.5 Å². The molecule has 1 amide bonds. The smallest absolute Gasteiger partial charge is 0.222 e. The Labute approximate surface area is 163 Å². The second-order valence-electron chi connectivity index (χ2n) is 6.51. The predicted molar refractivity (Wildman–Crippen MR) is 102 cm³/mol. The van der Waals surface area contributed by atoms with Crippen molar-refractivity contribution in [2.45, 2.75) is 24.8 Å². The lowest BCUT2D eigenvalue weighted by Gasteiger charge is -2.16. The first kappa shape index (κ1) is 21.1. The number of carbonyl (C=O) groups is 1. The zero-order valence-electron chi connectivity index (χ0n) is 14.8. The molecule has 2 aromatic rings. The van der Waals surface area contributed by atoms with Gasteiger partial charge in [-0.1, -0.05) is 30.3 Å². The lowest BCUT2D eigenvalue weighted by atomic mass is 9.95. The maximum Gasteiger partial charge on any atom is 0.222 e. The van der Waals surface area contributed by atoms with Crippen molar-refractivity contribution in [2.24, 2.45) is 5.73 Å². The molecule has 7 heteroatoms. The Hall–Kier alpha value is -2.18. The van der Waals surface area contributed by atoms with Crippen molar-refractivity contribution >= 4 is 18.3 Å². The Balaban J connectivity index is 0.00000261. The number of halogens is 3. The Bertz CT molecular complexity index is 761. The van der Waals surface area contributed by atoms with Gasteiger partial charge < -0.3 is 15.4 Å². The van der Waals surface area contributed by atoms with Crippen molar-refractivity contribution in [3.8, 4) is 5.75 Å². The summed E-state index contributed by atoms with van der Waals surface area (Å²) in [5.41, 5.74) is 7.35. The average Bonchev–Trinajstić information content (AvgIpc) is 3.02. The maximum absolute atomic E-state index is 13.5. The molecule has 2 atom stereocenters. The summed E-state index contributed by atoms with van der Waals surface area (Å²) in [5.74, 6) is -1.24. The summed E-state index contributed by atoms with van der Waals surface area (Å²) in [4.78, 5) is 14.2. The molecule has 1 saturated heterocycles. The van der Waals surface area contributed by atoms with Crippen molar-refractivity contribution in [1.82, 2.24) is 4.90 Å². The van der Waals surface area contributed by atoms with Crippen LogP contribution >= 0.6 is 12.4 Å². The van der Waals surface area contributed by atoms with E-state index in [1.165, 1.54) is 6.07 Å². The molecule has 0 saturated carbocycles. The van der Waals surface area contributed by atoms with Crippen LogP contribution in [0.3, 0.4) is 0 Å². The van der Waals surface area contributed by atoms with Gasteiger partial charge in [-0.05, 0) is 24.1 Å². The highest BCUT2D eigenvalue weighted by molar-refractivity contribution is 5.85. The molecule has 0 radical (unpaired) electrons. The van der Waals surface area contributed by atoms with Crippen molar-refractivity contribution in [2.75, 3.05) is 19.7 Å². The van der Waals surface area contributed by atoms with Gasteiger partial charge in [-0.15, -0.1) is 12.4 Å². The number of likely N-dealkylation sites (tertiary alicyclic amines) is 1. The van der Waals surface area contributed by atoms with E-state index in [-0.39, 0.29) is 42.6 Å². The van der Waals surface area contributed by atoms with Crippen LogP contribution in [-0.4, -0.2) is 36.5 Å². The first-order valence-corrected chi connectivity index (χ1v) is 8.71. The normalized spacial score (nSPS) is 18.9. The monoisotopic (exact) mass is 396 g/mol. The minimum absolute atomic E-state index is 0. The van der Waals surface area contributed by atoms with Crippen LogP contribution in [0.5, 0.6) is 5.75 Å².